The number of carbonyl (C=O) groups excluding carboxylic acids is 2. The van der Waals surface area contributed by atoms with Crippen molar-refractivity contribution in [2.75, 3.05) is 0 Å². The van der Waals surface area contributed by atoms with E-state index >= 15 is 0 Å². The van der Waals surface area contributed by atoms with Crippen molar-refractivity contribution in [3.8, 4) is 0 Å². The Morgan fingerprint density at radius 1 is 1.12 bits per heavy atom. The number of halogens is 3. The van der Waals surface area contributed by atoms with Gasteiger partial charge in [-0.2, -0.15) is 0 Å². The summed E-state index contributed by atoms with van der Waals surface area (Å²) in [5.41, 5.74) is -1.27. The van der Waals surface area contributed by atoms with Gasteiger partial charge >= 0.3 is 6.03 Å². The Balaban J connectivity index is 1.95. The summed E-state index contributed by atoms with van der Waals surface area (Å²) in [6.07, 6.45) is 0. The van der Waals surface area contributed by atoms with E-state index in [1.807, 2.05) is 0 Å². The summed E-state index contributed by atoms with van der Waals surface area (Å²) in [4.78, 5) is 25.8. The highest BCUT2D eigenvalue weighted by molar-refractivity contribution is 9.10. The first-order chi connectivity index (χ1) is 11.3. The van der Waals surface area contributed by atoms with Crippen LogP contribution in [0, 0.1) is 11.6 Å². The lowest BCUT2D eigenvalue weighted by molar-refractivity contribution is -0.131. The van der Waals surface area contributed by atoms with Crippen molar-refractivity contribution in [3.63, 3.8) is 0 Å². The molecule has 1 aliphatic heterocycles. The summed E-state index contributed by atoms with van der Waals surface area (Å²) in [5.74, 6) is -1.75. The molecule has 2 aromatic rings. The summed E-state index contributed by atoms with van der Waals surface area (Å²) in [6, 6.07) is 9.31. The van der Waals surface area contributed by atoms with E-state index in [2.05, 4.69) is 21.2 Å². The minimum absolute atomic E-state index is 0.0700. The van der Waals surface area contributed by atoms with Crippen molar-refractivity contribution >= 4 is 27.9 Å². The zero-order chi connectivity index (χ0) is 17.5. The number of hydrogen-bond acceptors (Lipinski definition) is 2. The van der Waals surface area contributed by atoms with Crippen molar-refractivity contribution in [1.82, 2.24) is 10.2 Å². The summed E-state index contributed by atoms with van der Waals surface area (Å²) < 4.78 is 28.6. The number of nitrogens with one attached hydrogen (secondary N) is 1. The monoisotopic (exact) mass is 394 g/mol. The van der Waals surface area contributed by atoms with Crippen LogP contribution < -0.4 is 5.32 Å². The van der Waals surface area contributed by atoms with Crippen LogP contribution in [0.15, 0.2) is 46.9 Å². The van der Waals surface area contributed by atoms with Crippen LogP contribution in [-0.4, -0.2) is 16.8 Å². The Morgan fingerprint density at radius 2 is 1.83 bits per heavy atom. The number of urea groups is 1. The molecule has 1 unspecified atom stereocenters. The molecule has 0 aromatic heterocycles. The predicted octanol–water partition coefficient (Wildman–Crippen LogP) is 3.69. The fraction of sp³-hybridized carbons (Fsp3) is 0.176. The molecule has 24 heavy (non-hydrogen) atoms. The van der Waals surface area contributed by atoms with Crippen LogP contribution in [-0.2, 0) is 16.9 Å². The Hall–Kier alpha value is -2.28. The summed E-state index contributed by atoms with van der Waals surface area (Å²) in [7, 11) is 0. The topological polar surface area (TPSA) is 49.4 Å². The average Bonchev–Trinajstić information content (AvgIpc) is 2.75. The van der Waals surface area contributed by atoms with Crippen LogP contribution >= 0.6 is 15.9 Å². The van der Waals surface area contributed by atoms with Crippen LogP contribution in [0.25, 0.3) is 0 Å². The third kappa shape index (κ3) is 2.69. The molecule has 1 saturated heterocycles. The van der Waals surface area contributed by atoms with Crippen LogP contribution in [0.3, 0.4) is 0 Å². The first-order valence-corrected chi connectivity index (χ1v) is 7.95. The van der Waals surface area contributed by atoms with Gasteiger partial charge < -0.3 is 5.32 Å². The number of carbonyl (C=O) groups is 2. The van der Waals surface area contributed by atoms with E-state index < -0.39 is 29.1 Å². The molecule has 1 fully saturated rings. The standard InChI is InChI=1S/C17H13BrF2N2O2/c1-17(12-4-2-3-5-14(12)20)15(23)22(16(24)21-17)9-10-8-11(18)6-7-13(10)19/h2-8H,9H2,1H3,(H,21,24). The maximum Gasteiger partial charge on any atom is 0.325 e. The largest absolute Gasteiger partial charge is 0.325 e. The number of amides is 3. The molecule has 0 spiro atoms. The molecular formula is C17H13BrF2N2O2. The first kappa shape index (κ1) is 16.6. The van der Waals surface area contributed by atoms with E-state index in [1.165, 1.54) is 43.3 Å². The molecule has 3 amide bonds. The summed E-state index contributed by atoms with van der Waals surface area (Å²) in [5, 5.41) is 2.50. The molecule has 1 atom stereocenters. The van der Waals surface area contributed by atoms with Gasteiger partial charge in [-0.05, 0) is 31.2 Å². The second-order valence-electron chi connectivity index (χ2n) is 5.66. The number of rotatable bonds is 3. The van der Waals surface area contributed by atoms with Crippen molar-refractivity contribution in [1.29, 1.82) is 0 Å². The smallest absolute Gasteiger partial charge is 0.319 e. The van der Waals surface area contributed by atoms with Crippen molar-refractivity contribution < 1.29 is 18.4 Å². The van der Waals surface area contributed by atoms with Crippen LogP contribution in [0.2, 0.25) is 0 Å². The number of imide groups is 1. The maximum atomic E-state index is 14.1. The normalized spacial score (nSPS) is 20.4. The SMILES string of the molecule is CC1(c2ccccc2F)NC(=O)N(Cc2cc(Br)ccc2F)C1=O. The zero-order valence-electron chi connectivity index (χ0n) is 12.6. The highest BCUT2D eigenvalue weighted by atomic mass is 79.9. The Labute approximate surface area is 145 Å². The molecule has 1 aliphatic rings. The van der Waals surface area contributed by atoms with Gasteiger partial charge in [0.2, 0.25) is 0 Å². The number of nitrogens with zero attached hydrogens (tertiary/aromatic N) is 1. The molecule has 0 saturated carbocycles. The lowest BCUT2D eigenvalue weighted by Gasteiger charge is -2.22. The lowest BCUT2D eigenvalue weighted by Crippen LogP contribution is -2.41. The second kappa shape index (κ2) is 5.98. The summed E-state index contributed by atoms with van der Waals surface area (Å²) in [6.45, 7) is 1.20. The highest BCUT2D eigenvalue weighted by Gasteiger charge is 2.50. The van der Waals surface area contributed by atoms with Gasteiger partial charge in [-0.1, -0.05) is 34.1 Å². The van der Waals surface area contributed by atoms with Crippen molar-refractivity contribution in [2.45, 2.75) is 19.0 Å². The van der Waals surface area contributed by atoms with Gasteiger partial charge in [0.25, 0.3) is 5.91 Å². The minimum atomic E-state index is -1.52. The quantitative estimate of drug-likeness (QED) is 0.806. The van der Waals surface area contributed by atoms with Gasteiger partial charge in [-0.3, -0.25) is 9.69 Å². The highest BCUT2D eigenvalue weighted by Crippen LogP contribution is 2.31. The van der Waals surface area contributed by atoms with E-state index in [0.29, 0.717) is 4.47 Å². The van der Waals surface area contributed by atoms with Gasteiger partial charge in [-0.25, -0.2) is 13.6 Å². The third-order valence-electron chi connectivity index (χ3n) is 4.02. The molecule has 7 heteroatoms. The number of benzene rings is 2. The lowest BCUT2D eigenvalue weighted by atomic mass is 9.91. The zero-order valence-corrected chi connectivity index (χ0v) is 14.2. The predicted molar refractivity (Wildman–Crippen MR) is 86.9 cm³/mol. The van der Waals surface area contributed by atoms with E-state index in [9.17, 15) is 18.4 Å². The van der Waals surface area contributed by atoms with Gasteiger partial charge in [0.1, 0.15) is 17.2 Å². The van der Waals surface area contributed by atoms with Crippen molar-refractivity contribution in [3.05, 3.63) is 69.7 Å². The number of hydrogen-bond donors (Lipinski definition) is 1. The minimum Gasteiger partial charge on any atom is -0.319 e. The van der Waals surface area contributed by atoms with E-state index in [1.54, 1.807) is 6.07 Å². The Morgan fingerprint density at radius 3 is 2.54 bits per heavy atom. The van der Waals surface area contributed by atoms with Gasteiger partial charge in [0.05, 0.1) is 6.54 Å². The molecular weight excluding hydrogens is 382 g/mol. The average molecular weight is 395 g/mol. The van der Waals surface area contributed by atoms with Crippen LogP contribution in [0.1, 0.15) is 18.1 Å². The molecule has 0 bridgehead atoms. The maximum absolute atomic E-state index is 14.1. The second-order valence-corrected chi connectivity index (χ2v) is 6.58. The third-order valence-corrected chi connectivity index (χ3v) is 4.52. The molecule has 0 aliphatic carbocycles. The van der Waals surface area contributed by atoms with Gasteiger partial charge in [0.15, 0.2) is 0 Å². The van der Waals surface area contributed by atoms with Gasteiger partial charge in [0, 0.05) is 15.6 Å². The van der Waals surface area contributed by atoms with Gasteiger partial charge in [-0.15, -0.1) is 0 Å². The van der Waals surface area contributed by atoms with E-state index in [-0.39, 0.29) is 17.7 Å². The van der Waals surface area contributed by atoms with Crippen LogP contribution in [0.4, 0.5) is 13.6 Å². The Bertz CT molecular complexity index is 843. The van der Waals surface area contributed by atoms with Crippen molar-refractivity contribution in [2.24, 2.45) is 0 Å². The van der Waals surface area contributed by atoms with Crippen LogP contribution in [0.5, 0.6) is 0 Å². The molecule has 1 heterocycles. The Kier molecular flexibility index (Phi) is 4.13. The van der Waals surface area contributed by atoms with E-state index in [0.717, 1.165) is 4.90 Å². The molecule has 0 radical (unpaired) electrons. The summed E-state index contributed by atoms with van der Waals surface area (Å²) >= 11 is 3.22. The molecule has 124 valence electrons. The molecule has 1 N–H and O–H groups in total. The fourth-order valence-electron chi connectivity index (χ4n) is 2.72. The molecule has 4 nitrogen and oxygen atoms in total. The molecule has 2 aromatic carbocycles. The fourth-order valence-corrected chi connectivity index (χ4v) is 3.13. The first-order valence-electron chi connectivity index (χ1n) is 7.16. The molecule has 3 rings (SSSR count). The van der Waals surface area contributed by atoms with E-state index in [4.69, 9.17) is 0 Å².